The van der Waals surface area contributed by atoms with Crippen molar-refractivity contribution in [3.63, 3.8) is 0 Å². The van der Waals surface area contributed by atoms with E-state index in [1.165, 1.54) is 11.3 Å². The summed E-state index contributed by atoms with van der Waals surface area (Å²) < 4.78 is 4.93. The number of thiazole rings is 1. The minimum absolute atomic E-state index is 0.0345. The molecule has 0 unspecified atom stereocenters. The van der Waals surface area contributed by atoms with E-state index < -0.39 is 0 Å². The van der Waals surface area contributed by atoms with E-state index >= 15 is 0 Å². The molecule has 3 heterocycles. The van der Waals surface area contributed by atoms with Crippen LogP contribution >= 0.6 is 11.3 Å². The molecule has 3 rings (SSSR count). The molecular weight excluding hydrogens is 314 g/mol. The topological polar surface area (TPSA) is 80.2 Å². The predicted molar refractivity (Wildman–Crippen MR) is 87.9 cm³/mol. The number of hydrogen-bond acceptors (Lipinski definition) is 7. The summed E-state index contributed by atoms with van der Waals surface area (Å²) in [4.78, 5) is 26.9. The Morgan fingerprint density at radius 2 is 2.35 bits per heavy atom. The lowest BCUT2D eigenvalue weighted by atomic mass is 9.95. The summed E-state index contributed by atoms with van der Waals surface area (Å²) in [5, 5.41) is 5.80. The van der Waals surface area contributed by atoms with E-state index in [0.29, 0.717) is 12.4 Å². The van der Waals surface area contributed by atoms with Gasteiger partial charge >= 0.3 is 0 Å². The third kappa shape index (κ3) is 4.02. The number of anilines is 2. The monoisotopic (exact) mass is 333 g/mol. The van der Waals surface area contributed by atoms with Crippen LogP contribution in [-0.4, -0.2) is 52.6 Å². The number of hydrogen-bond donors (Lipinski definition) is 1. The number of carbonyl (C=O) groups is 1. The molecule has 0 aliphatic carbocycles. The van der Waals surface area contributed by atoms with Crippen LogP contribution in [0.25, 0.3) is 0 Å². The molecule has 7 nitrogen and oxygen atoms in total. The summed E-state index contributed by atoms with van der Waals surface area (Å²) >= 11 is 1.51. The number of amides is 1. The number of nitrogens with zero attached hydrogens (tertiary/aromatic N) is 4. The maximum absolute atomic E-state index is 12.0. The van der Waals surface area contributed by atoms with Crippen molar-refractivity contribution in [1.29, 1.82) is 0 Å². The zero-order valence-electron chi connectivity index (χ0n) is 12.9. The molecule has 0 radical (unpaired) electrons. The van der Waals surface area contributed by atoms with E-state index in [2.05, 4.69) is 20.3 Å². The molecular formula is C15H19N5O2S. The third-order valence-corrected chi connectivity index (χ3v) is 4.49. The number of carbonyl (C=O) groups excluding carboxylic acids is 1. The van der Waals surface area contributed by atoms with Gasteiger partial charge in [-0.3, -0.25) is 9.78 Å². The van der Waals surface area contributed by atoms with E-state index in [1.807, 2.05) is 10.3 Å². The lowest BCUT2D eigenvalue weighted by Crippen LogP contribution is -2.41. The fourth-order valence-corrected chi connectivity index (χ4v) is 3.20. The first-order valence-corrected chi connectivity index (χ1v) is 8.39. The van der Waals surface area contributed by atoms with Gasteiger partial charge in [0.25, 0.3) is 0 Å². The van der Waals surface area contributed by atoms with Gasteiger partial charge in [-0.05, 0) is 12.8 Å². The maximum Gasteiger partial charge on any atom is 0.248 e. The van der Waals surface area contributed by atoms with Crippen LogP contribution in [-0.2, 0) is 9.53 Å². The number of ether oxygens (including phenoxy) is 1. The molecule has 2 aromatic rings. The average Bonchev–Trinajstić information content (AvgIpc) is 3.09. The fourth-order valence-electron chi connectivity index (χ4n) is 2.67. The van der Waals surface area contributed by atoms with Crippen molar-refractivity contribution >= 4 is 28.2 Å². The summed E-state index contributed by atoms with van der Waals surface area (Å²) in [5.41, 5.74) is 0.921. The Morgan fingerprint density at radius 1 is 1.43 bits per heavy atom. The highest BCUT2D eigenvalue weighted by Crippen LogP contribution is 2.26. The average molecular weight is 333 g/mol. The Morgan fingerprint density at radius 3 is 3.04 bits per heavy atom. The van der Waals surface area contributed by atoms with Crippen molar-refractivity contribution in [2.45, 2.75) is 18.8 Å². The van der Waals surface area contributed by atoms with Crippen LogP contribution in [0.1, 0.15) is 24.5 Å². The Bertz CT molecular complexity index is 632. The molecule has 1 amide bonds. The van der Waals surface area contributed by atoms with Crippen LogP contribution in [0.15, 0.2) is 24.0 Å². The summed E-state index contributed by atoms with van der Waals surface area (Å²) in [5.74, 6) is 0.935. The second kappa shape index (κ2) is 7.47. The molecule has 1 aliphatic heterocycles. The second-order valence-corrected chi connectivity index (χ2v) is 6.30. The zero-order valence-corrected chi connectivity index (χ0v) is 13.8. The molecule has 1 N–H and O–H groups in total. The van der Waals surface area contributed by atoms with E-state index in [-0.39, 0.29) is 18.4 Å². The molecule has 0 saturated carbocycles. The van der Waals surface area contributed by atoms with Crippen molar-refractivity contribution in [2.75, 3.05) is 32.1 Å². The first kappa shape index (κ1) is 15.8. The van der Waals surface area contributed by atoms with Gasteiger partial charge in [0.15, 0.2) is 10.9 Å². The number of aromatic nitrogens is 3. The normalized spacial score (nSPS) is 18.0. The molecule has 23 heavy (non-hydrogen) atoms. The van der Waals surface area contributed by atoms with Crippen LogP contribution in [0.4, 0.5) is 10.9 Å². The predicted octanol–water partition coefficient (Wildman–Crippen LogP) is 2.03. The van der Waals surface area contributed by atoms with Gasteiger partial charge in [0.2, 0.25) is 5.91 Å². The summed E-state index contributed by atoms with van der Waals surface area (Å²) in [6.07, 6.45) is 7.23. The lowest BCUT2D eigenvalue weighted by molar-refractivity contribution is -0.136. The van der Waals surface area contributed by atoms with Gasteiger partial charge in [-0.1, -0.05) is 0 Å². The van der Waals surface area contributed by atoms with Crippen LogP contribution in [0, 0.1) is 0 Å². The van der Waals surface area contributed by atoms with Gasteiger partial charge in [-0.25, -0.2) is 9.97 Å². The van der Waals surface area contributed by atoms with Gasteiger partial charge < -0.3 is 15.0 Å². The fraction of sp³-hybridized carbons (Fsp3) is 0.467. The summed E-state index contributed by atoms with van der Waals surface area (Å²) in [7, 11) is 1.54. The molecule has 1 aliphatic rings. The zero-order chi connectivity index (χ0) is 16.1. The SMILES string of the molecule is COCC(=O)N1CCC[C@H](c2cnc(Nc3nccs3)cn2)C1. The molecule has 0 bridgehead atoms. The van der Waals surface area contributed by atoms with Crippen molar-refractivity contribution in [2.24, 2.45) is 0 Å². The molecule has 8 heteroatoms. The van der Waals surface area contributed by atoms with Crippen molar-refractivity contribution < 1.29 is 9.53 Å². The highest BCUT2D eigenvalue weighted by molar-refractivity contribution is 7.13. The number of nitrogens with one attached hydrogen (secondary N) is 1. The largest absolute Gasteiger partial charge is 0.375 e. The van der Waals surface area contributed by atoms with Gasteiger partial charge in [0.05, 0.1) is 18.1 Å². The van der Waals surface area contributed by atoms with Gasteiger partial charge in [0.1, 0.15) is 6.61 Å². The number of piperidine rings is 1. The highest BCUT2D eigenvalue weighted by Gasteiger charge is 2.25. The molecule has 1 saturated heterocycles. The third-order valence-electron chi connectivity index (χ3n) is 3.80. The standard InChI is InChI=1S/C15H19N5O2S/c1-22-10-14(21)20-5-2-3-11(9-20)12-7-18-13(8-17-12)19-15-16-4-6-23-15/h4,6-8,11H,2-3,5,9-10H2,1H3,(H,16,18,19)/t11-/m0/s1. The number of rotatable bonds is 5. The van der Waals surface area contributed by atoms with E-state index in [1.54, 1.807) is 25.7 Å². The minimum atomic E-state index is 0.0345. The molecule has 0 spiro atoms. The van der Waals surface area contributed by atoms with E-state index in [9.17, 15) is 4.79 Å². The number of methoxy groups -OCH3 is 1. The second-order valence-electron chi connectivity index (χ2n) is 5.40. The van der Waals surface area contributed by atoms with E-state index in [4.69, 9.17) is 4.74 Å². The molecule has 1 fully saturated rings. The Hall–Kier alpha value is -2.06. The smallest absolute Gasteiger partial charge is 0.248 e. The first-order valence-electron chi connectivity index (χ1n) is 7.51. The van der Waals surface area contributed by atoms with Crippen molar-refractivity contribution in [3.05, 3.63) is 29.7 Å². The van der Waals surface area contributed by atoms with Crippen LogP contribution in [0.2, 0.25) is 0 Å². The van der Waals surface area contributed by atoms with Crippen molar-refractivity contribution in [3.8, 4) is 0 Å². The Kier molecular flexibility index (Phi) is 5.14. The first-order chi connectivity index (χ1) is 11.3. The van der Waals surface area contributed by atoms with Gasteiger partial charge in [-0.2, -0.15) is 0 Å². The minimum Gasteiger partial charge on any atom is -0.375 e. The van der Waals surface area contributed by atoms with Crippen LogP contribution in [0.5, 0.6) is 0 Å². The Labute approximate surface area is 138 Å². The summed E-state index contributed by atoms with van der Waals surface area (Å²) in [6.45, 7) is 1.60. The quantitative estimate of drug-likeness (QED) is 0.902. The molecule has 122 valence electrons. The Balaban J connectivity index is 1.63. The molecule has 1 atom stereocenters. The molecule has 0 aromatic carbocycles. The van der Waals surface area contributed by atoms with Crippen LogP contribution < -0.4 is 5.32 Å². The maximum atomic E-state index is 12.0. The van der Waals surface area contributed by atoms with Gasteiger partial charge in [0, 0.05) is 37.7 Å². The molecule has 2 aromatic heterocycles. The summed E-state index contributed by atoms with van der Waals surface area (Å²) in [6, 6.07) is 0. The highest BCUT2D eigenvalue weighted by atomic mass is 32.1. The van der Waals surface area contributed by atoms with Crippen LogP contribution in [0.3, 0.4) is 0 Å². The lowest BCUT2D eigenvalue weighted by Gasteiger charge is -2.32. The van der Waals surface area contributed by atoms with Crippen molar-refractivity contribution in [1.82, 2.24) is 19.9 Å². The number of likely N-dealkylation sites (tertiary alicyclic amines) is 1. The van der Waals surface area contributed by atoms with E-state index in [0.717, 1.165) is 30.2 Å². The van der Waals surface area contributed by atoms with Gasteiger partial charge in [-0.15, -0.1) is 11.3 Å².